The fraction of sp³-hybridized carbons (Fsp3) is 0.133. The summed E-state index contributed by atoms with van der Waals surface area (Å²) in [5.74, 6) is -1.22. The van der Waals surface area contributed by atoms with Crippen molar-refractivity contribution in [2.24, 2.45) is 0 Å². The number of rotatable bonds is 4. The minimum absolute atomic E-state index is 0.195. The molecule has 118 valence electrons. The van der Waals surface area contributed by atoms with Crippen LogP contribution in [-0.2, 0) is 9.53 Å². The van der Waals surface area contributed by atoms with Gasteiger partial charge in [-0.15, -0.1) is 11.3 Å². The van der Waals surface area contributed by atoms with E-state index >= 15 is 0 Å². The van der Waals surface area contributed by atoms with E-state index in [0.29, 0.717) is 15.6 Å². The summed E-state index contributed by atoms with van der Waals surface area (Å²) in [4.78, 5) is 24.0. The number of halogens is 1. The second-order valence-corrected chi connectivity index (χ2v) is 5.87. The number of nitrogens with zero attached hydrogens (tertiary/aromatic N) is 1. The van der Waals surface area contributed by atoms with Gasteiger partial charge >= 0.3 is 5.97 Å². The van der Waals surface area contributed by atoms with Crippen LogP contribution in [-0.4, -0.2) is 18.0 Å². The number of hydrogen-bond donors (Lipinski definition) is 2. The van der Waals surface area contributed by atoms with Crippen molar-refractivity contribution >= 4 is 45.5 Å². The third kappa shape index (κ3) is 4.00. The van der Waals surface area contributed by atoms with Gasteiger partial charge in [-0.25, -0.2) is 4.79 Å². The maximum Gasteiger partial charge on any atom is 0.338 e. The number of carbonyl (C=O) groups is 2. The average molecular weight is 350 g/mol. The Hall–Kier alpha value is -2.56. The molecule has 23 heavy (non-hydrogen) atoms. The lowest BCUT2D eigenvalue weighted by molar-refractivity contribution is -0.123. The number of carbonyl (C=O) groups excluding carboxylic acids is 2. The smallest absolute Gasteiger partial charge is 0.338 e. The van der Waals surface area contributed by atoms with Gasteiger partial charge in [0.15, 0.2) is 6.10 Å². The van der Waals surface area contributed by atoms with Crippen LogP contribution < -0.4 is 11.1 Å². The van der Waals surface area contributed by atoms with Crippen molar-refractivity contribution in [3.63, 3.8) is 0 Å². The Morgan fingerprint density at radius 1 is 1.43 bits per heavy atom. The number of esters is 1. The van der Waals surface area contributed by atoms with E-state index in [1.54, 1.807) is 11.4 Å². The van der Waals surface area contributed by atoms with Crippen molar-refractivity contribution < 1.29 is 14.3 Å². The van der Waals surface area contributed by atoms with E-state index in [4.69, 9.17) is 27.3 Å². The van der Waals surface area contributed by atoms with Crippen molar-refractivity contribution in [2.75, 3.05) is 11.1 Å². The van der Waals surface area contributed by atoms with Gasteiger partial charge in [0.1, 0.15) is 11.1 Å². The lowest BCUT2D eigenvalue weighted by Gasteiger charge is -2.13. The quantitative estimate of drug-likeness (QED) is 0.652. The van der Waals surface area contributed by atoms with Gasteiger partial charge in [-0.05, 0) is 36.6 Å². The Morgan fingerprint density at radius 2 is 2.17 bits per heavy atom. The Balaban J connectivity index is 2.01. The molecule has 0 unspecified atom stereocenters. The molecule has 0 bridgehead atoms. The van der Waals surface area contributed by atoms with Crippen molar-refractivity contribution in [2.45, 2.75) is 13.0 Å². The van der Waals surface area contributed by atoms with Crippen LogP contribution in [0.1, 0.15) is 22.8 Å². The highest BCUT2D eigenvalue weighted by molar-refractivity contribution is 7.14. The Bertz CT molecular complexity index is 798. The molecule has 1 aromatic carbocycles. The van der Waals surface area contributed by atoms with E-state index in [0.717, 1.165) is 0 Å². The Labute approximate surface area is 141 Å². The molecule has 3 N–H and O–H groups in total. The number of benzene rings is 1. The molecule has 1 heterocycles. The maximum absolute atomic E-state index is 12.0. The van der Waals surface area contributed by atoms with E-state index in [-0.39, 0.29) is 11.3 Å². The van der Waals surface area contributed by atoms with E-state index in [1.165, 1.54) is 36.5 Å². The van der Waals surface area contributed by atoms with Gasteiger partial charge in [-0.1, -0.05) is 11.6 Å². The first-order valence-corrected chi connectivity index (χ1v) is 7.72. The van der Waals surface area contributed by atoms with Gasteiger partial charge in [0.05, 0.1) is 21.8 Å². The summed E-state index contributed by atoms with van der Waals surface area (Å²) in [5, 5.41) is 13.9. The largest absolute Gasteiger partial charge is 0.449 e. The molecule has 0 spiro atoms. The SMILES string of the molecule is C[C@H](OC(=O)c1ccc(Cl)c(N)c1)C(=O)Nc1sccc1C#N. The highest BCUT2D eigenvalue weighted by atomic mass is 35.5. The molecule has 0 fully saturated rings. The number of thiophene rings is 1. The third-order valence-electron chi connectivity index (χ3n) is 2.91. The summed E-state index contributed by atoms with van der Waals surface area (Å²) in [7, 11) is 0. The minimum Gasteiger partial charge on any atom is -0.449 e. The molecule has 0 saturated heterocycles. The first-order chi connectivity index (χ1) is 10.9. The van der Waals surface area contributed by atoms with Crippen molar-refractivity contribution in [1.29, 1.82) is 5.26 Å². The van der Waals surface area contributed by atoms with Crippen molar-refractivity contribution in [1.82, 2.24) is 0 Å². The molecule has 0 saturated carbocycles. The number of nitriles is 1. The zero-order valence-corrected chi connectivity index (χ0v) is 13.6. The standard InChI is InChI=1S/C15H12ClN3O3S/c1-8(13(20)19-14-10(7-17)4-5-23-14)22-15(21)9-2-3-11(16)12(18)6-9/h2-6,8H,18H2,1H3,(H,19,20)/t8-/m0/s1. The molecule has 1 amide bonds. The average Bonchev–Trinajstić information content (AvgIpc) is 2.96. The maximum atomic E-state index is 12.0. The van der Waals surface area contributed by atoms with Gasteiger partial charge in [-0.2, -0.15) is 5.26 Å². The van der Waals surface area contributed by atoms with Crippen LogP contribution in [0.5, 0.6) is 0 Å². The molecule has 2 rings (SSSR count). The summed E-state index contributed by atoms with van der Waals surface area (Å²) in [6.07, 6.45) is -1.03. The molecular formula is C15H12ClN3O3S. The highest BCUT2D eigenvalue weighted by Gasteiger charge is 2.20. The normalized spacial score (nSPS) is 11.3. The van der Waals surface area contributed by atoms with E-state index in [9.17, 15) is 9.59 Å². The number of nitrogens with one attached hydrogen (secondary N) is 1. The van der Waals surface area contributed by atoms with Crippen LogP contribution in [0.25, 0.3) is 0 Å². The monoisotopic (exact) mass is 349 g/mol. The van der Waals surface area contributed by atoms with Gasteiger partial charge in [-0.3, -0.25) is 4.79 Å². The van der Waals surface area contributed by atoms with Gasteiger partial charge in [0.25, 0.3) is 5.91 Å². The minimum atomic E-state index is -1.03. The first-order valence-electron chi connectivity index (χ1n) is 6.47. The Morgan fingerprint density at radius 3 is 2.83 bits per heavy atom. The third-order valence-corrected chi connectivity index (χ3v) is 4.08. The number of nitrogens with two attached hydrogens (primary N) is 1. The number of hydrogen-bond acceptors (Lipinski definition) is 6. The molecule has 0 radical (unpaired) electrons. The summed E-state index contributed by atoms with van der Waals surface area (Å²) >= 11 is 7.00. The second kappa shape index (κ2) is 7.13. The van der Waals surface area contributed by atoms with Crippen LogP contribution in [0.4, 0.5) is 10.7 Å². The van der Waals surface area contributed by atoms with Crippen LogP contribution >= 0.6 is 22.9 Å². The molecule has 8 heteroatoms. The summed E-state index contributed by atoms with van der Waals surface area (Å²) < 4.78 is 5.09. The van der Waals surface area contributed by atoms with E-state index in [2.05, 4.69) is 5.32 Å². The van der Waals surface area contributed by atoms with Crippen LogP contribution in [0.2, 0.25) is 5.02 Å². The molecule has 1 aromatic heterocycles. The van der Waals surface area contributed by atoms with Crippen LogP contribution in [0, 0.1) is 11.3 Å². The zero-order chi connectivity index (χ0) is 17.0. The lowest BCUT2D eigenvalue weighted by Crippen LogP contribution is -2.30. The number of nitrogen functional groups attached to an aromatic ring is 1. The molecule has 0 aliphatic carbocycles. The number of amides is 1. The van der Waals surface area contributed by atoms with Gasteiger partial charge in [0.2, 0.25) is 0 Å². The van der Waals surface area contributed by atoms with Crippen molar-refractivity contribution in [3.05, 3.63) is 45.8 Å². The molecule has 0 aliphatic heterocycles. The van der Waals surface area contributed by atoms with E-state index in [1.807, 2.05) is 6.07 Å². The zero-order valence-electron chi connectivity index (χ0n) is 12.0. The van der Waals surface area contributed by atoms with Gasteiger partial charge < -0.3 is 15.8 Å². The van der Waals surface area contributed by atoms with Gasteiger partial charge in [0, 0.05) is 0 Å². The van der Waals surface area contributed by atoms with Crippen LogP contribution in [0.15, 0.2) is 29.6 Å². The molecule has 2 aromatic rings. The molecule has 0 aliphatic rings. The summed E-state index contributed by atoms with van der Waals surface area (Å²) in [6.45, 7) is 1.44. The molecular weight excluding hydrogens is 338 g/mol. The molecule has 6 nitrogen and oxygen atoms in total. The van der Waals surface area contributed by atoms with E-state index < -0.39 is 18.0 Å². The summed E-state index contributed by atoms with van der Waals surface area (Å²) in [5.41, 5.74) is 6.42. The predicted molar refractivity (Wildman–Crippen MR) is 88.4 cm³/mol. The molecule has 1 atom stereocenters. The first kappa shape index (κ1) is 16.8. The Kier molecular flexibility index (Phi) is 5.21. The fourth-order valence-corrected chi connectivity index (χ4v) is 2.52. The number of anilines is 2. The fourth-order valence-electron chi connectivity index (χ4n) is 1.66. The second-order valence-electron chi connectivity index (χ2n) is 4.55. The highest BCUT2D eigenvalue weighted by Crippen LogP contribution is 2.23. The van der Waals surface area contributed by atoms with Crippen molar-refractivity contribution in [3.8, 4) is 6.07 Å². The lowest BCUT2D eigenvalue weighted by atomic mass is 10.2. The number of ether oxygens (including phenoxy) is 1. The summed E-state index contributed by atoms with van der Waals surface area (Å²) in [6, 6.07) is 7.86. The topological polar surface area (TPSA) is 105 Å². The predicted octanol–water partition coefficient (Wildman–Crippen LogP) is 3.04. The van der Waals surface area contributed by atoms with Crippen LogP contribution in [0.3, 0.4) is 0 Å².